The van der Waals surface area contributed by atoms with Crippen molar-refractivity contribution in [1.82, 2.24) is 0 Å². The Kier molecular flexibility index (Phi) is 4.15. The number of halogens is 4. The van der Waals surface area contributed by atoms with Crippen LogP contribution in [0.3, 0.4) is 0 Å². The molecule has 0 aromatic heterocycles. The molecule has 0 N–H and O–H groups in total. The Hall–Kier alpha value is -2.09. The van der Waals surface area contributed by atoms with Crippen molar-refractivity contribution in [3.63, 3.8) is 0 Å². The van der Waals surface area contributed by atoms with E-state index in [1.54, 1.807) is 0 Å². The molecule has 0 saturated carbocycles. The summed E-state index contributed by atoms with van der Waals surface area (Å²) in [5.41, 5.74) is -2.65. The first-order valence-corrected chi connectivity index (χ1v) is 4.95. The zero-order valence-corrected chi connectivity index (χ0v) is 9.66. The molecule has 19 heavy (non-hydrogen) atoms. The lowest BCUT2D eigenvalue weighted by Crippen LogP contribution is -2.18. The largest absolute Gasteiger partial charge is 0.545 e. The standard InChI is InChI=1S/C10H5ClF3NO4/c11-7-3-5(1-2-9(16)17)8(15(18)19)4-6(7)10(12,13)14/h1-4H,(H,16,17)/p-1. The Bertz CT molecular complexity index is 569. The van der Waals surface area contributed by atoms with Gasteiger partial charge in [-0.05, 0) is 18.2 Å². The van der Waals surface area contributed by atoms with Gasteiger partial charge in [-0.25, -0.2) is 0 Å². The summed E-state index contributed by atoms with van der Waals surface area (Å²) in [6.07, 6.45) is -3.66. The second-order valence-corrected chi connectivity index (χ2v) is 3.71. The van der Waals surface area contributed by atoms with Gasteiger partial charge in [0.2, 0.25) is 0 Å². The van der Waals surface area contributed by atoms with Gasteiger partial charge in [-0.2, -0.15) is 13.2 Å². The van der Waals surface area contributed by atoms with Crippen LogP contribution in [0.25, 0.3) is 6.08 Å². The number of rotatable bonds is 3. The highest BCUT2D eigenvalue weighted by atomic mass is 35.5. The number of nitro benzene ring substituents is 1. The Morgan fingerprint density at radius 2 is 1.95 bits per heavy atom. The summed E-state index contributed by atoms with van der Waals surface area (Å²) in [6.45, 7) is 0. The molecule has 1 aromatic rings. The van der Waals surface area contributed by atoms with Gasteiger partial charge in [0, 0.05) is 6.07 Å². The van der Waals surface area contributed by atoms with Gasteiger partial charge in [0.05, 0.1) is 27.0 Å². The zero-order chi connectivity index (χ0) is 14.8. The SMILES string of the molecule is O=C([O-])C=Cc1cc(Cl)c(C(F)(F)F)cc1[N+](=O)[O-]. The molecule has 1 rings (SSSR count). The van der Waals surface area contributed by atoms with Crippen molar-refractivity contribution < 1.29 is 28.0 Å². The highest BCUT2D eigenvalue weighted by Crippen LogP contribution is 2.38. The number of carboxylic acids is 1. The van der Waals surface area contributed by atoms with E-state index in [-0.39, 0.29) is 11.6 Å². The molecule has 0 saturated heterocycles. The van der Waals surface area contributed by atoms with Crippen molar-refractivity contribution in [2.75, 3.05) is 0 Å². The van der Waals surface area contributed by atoms with Crippen LogP contribution in [0.2, 0.25) is 5.02 Å². The van der Waals surface area contributed by atoms with Gasteiger partial charge in [-0.15, -0.1) is 0 Å². The summed E-state index contributed by atoms with van der Waals surface area (Å²) >= 11 is 5.37. The van der Waals surface area contributed by atoms with Gasteiger partial charge < -0.3 is 9.90 Å². The maximum Gasteiger partial charge on any atom is 0.418 e. The molecule has 0 bridgehead atoms. The van der Waals surface area contributed by atoms with Crippen molar-refractivity contribution >= 4 is 29.3 Å². The molecule has 0 heterocycles. The smallest absolute Gasteiger partial charge is 0.418 e. The molecule has 0 radical (unpaired) electrons. The maximum absolute atomic E-state index is 12.5. The first-order chi connectivity index (χ1) is 8.62. The molecule has 102 valence electrons. The van der Waals surface area contributed by atoms with E-state index < -0.39 is 33.3 Å². The third-order valence-corrected chi connectivity index (χ3v) is 2.33. The van der Waals surface area contributed by atoms with E-state index in [1.165, 1.54) is 0 Å². The molecular formula is C10H4ClF3NO4-. The summed E-state index contributed by atoms with van der Waals surface area (Å²) in [5.74, 6) is -1.65. The van der Waals surface area contributed by atoms with Crippen LogP contribution in [0.4, 0.5) is 18.9 Å². The topological polar surface area (TPSA) is 83.3 Å². The van der Waals surface area contributed by atoms with E-state index >= 15 is 0 Å². The maximum atomic E-state index is 12.5. The van der Waals surface area contributed by atoms with E-state index in [9.17, 15) is 33.2 Å². The molecule has 9 heteroatoms. The van der Waals surface area contributed by atoms with Gasteiger partial charge in [-0.3, -0.25) is 10.1 Å². The lowest BCUT2D eigenvalue weighted by atomic mass is 10.1. The second kappa shape index (κ2) is 5.27. The van der Waals surface area contributed by atoms with E-state index in [0.717, 1.165) is 6.08 Å². The summed E-state index contributed by atoms with van der Waals surface area (Å²) < 4.78 is 37.5. The Balaban J connectivity index is 3.46. The minimum Gasteiger partial charge on any atom is -0.545 e. The van der Waals surface area contributed by atoms with Crippen LogP contribution in [0.15, 0.2) is 18.2 Å². The molecule has 0 amide bonds. The highest BCUT2D eigenvalue weighted by Gasteiger charge is 2.35. The van der Waals surface area contributed by atoms with E-state index in [4.69, 9.17) is 11.6 Å². The van der Waals surface area contributed by atoms with Crippen LogP contribution in [0.5, 0.6) is 0 Å². The van der Waals surface area contributed by atoms with Gasteiger partial charge in [0.1, 0.15) is 0 Å². The van der Waals surface area contributed by atoms with Crippen LogP contribution in [0, 0.1) is 10.1 Å². The van der Waals surface area contributed by atoms with Gasteiger partial charge in [0.15, 0.2) is 0 Å². The lowest BCUT2D eigenvalue weighted by molar-refractivity contribution is -0.385. The first kappa shape index (κ1) is 15.0. The average molecular weight is 295 g/mol. The Labute approximate surface area is 109 Å². The fourth-order valence-corrected chi connectivity index (χ4v) is 1.52. The number of carbonyl (C=O) groups is 1. The monoisotopic (exact) mass is 294 g/mol. The third kappa shape index (κ3) is 3.68. The summed E-state index contributed by atoms with van der Waals surface area (Å²) in [4.78, 5) is 19.8. The number of nitrogens with zero attached hydrogens (tertiary/aromatic N) is 1. The minimum absolute atomic E-state index is 0.247. The second-order valence-electron chi connectivity index (χ2n) is 3.30. The predicted molar refractivity (Wildman–Crippen MR) is 57.1 cm³/mol. The quantitative estimate of drug-likeness (QED) is 0.485. The number of alkyl halides is 3. The number of hydrogen-bond acceptors (Lipinski definition) is 4. The molecule has 0 aliphatic rings. The average Bonchev–Trinajstić information content (AvgIpc) is 2.23. The van der Waals surface area contributed by atoms with Crippen molar-refractivity contribution in [2.45, 2.75) is 6.18 Å². The molecule has 0 unspecified atom stereocenters. The summed E-state index contributed by atoms with van der Waals surface area (Å²) in [7, 11) is 0. The molecule has 5 nitrogen and oxygen atoms in total. The Morgan fingerprint density at radius 3 is 2.37 bits per heavy atom. The van der Waals surface area contributed by atoms with Crippen LogP contribution in [0.1, 0.15) is 11.1 Å². The molecule has 0 aliphatic heterocycles. The third-order valence-electron chi connectivity index (χ3n) is 2.02. The molecular weight excluding hydrogens is 291 g/mol. The predicted octanol–water partition coefficient (Wildman–Crippen LogP) is 2.03. The molecule has 1 aromatic carbocycles. The molecule has 0 aliphatic carbocycles. The number of nitro groups is 1. The normalized spacial score (nSPS) is 11.8. The molecule has 0 fully saturated rings. The highest BCUT2D eigenvalue weighted by molar-refractivity contribution is 6.31. The fourth-order valence-electron chi connectivity index (χ4n) is 1.24. The number of aliphatic carboxylic acids is 1. The molecule has 0 atom stereocenters. The Morgan fingerprint density at radius 1 is 1.37 bits per heavy atom. The van der Waals surface area contributed by atoms with Crippen molar-refractivity contribution in [1.29, 1.82) is 0 Å². The van der Waals surface area contributed by atoms with Gasteiger partial charge >= 0.3 is 6.18 Å². The zero-order valence-electron chi connectivity index (χ0n) is 8.90. The van der Waals surface area contributed by atoms with Crippen molar-refractivity contribution in [2.24, 2.45) is 0 Å². The van der Waals surface area contributed by atoms with Crippen LogP contribution < -0.4 is 5.11 Å². The van der Waals surface area contributed by atoms with Gasteiger partial charge in [0.25, 0.3) is 5.69 Å². The molecule has 0 spiro atoms. The summed E-state index contributed by atoms with van der Waals surface area (Å²) in [5, 5.41) is 20.1. The number of carbonyl (C=O) groups excluding carboxylic acids is 1. The van der Waals surface area contributed by atoms with Crippen LogP contribution >= 0.6 is 11.6 Å². The minimum atomic E-state index is -4.85. The van der Waals surface area contributed by atoms with E-state index in [2.05, 4.69) is 0 Å². The van der Waals surface area contributed by atoms with E-state index in [0.29, 0.717) is 12.1 Å². The van der Waals surface area contributed by atoms with Crippen LogP contribution in [-0.2, 0) is 11.0 Å². The van der Waals surface area contributed by atoms with Crippen molar-refractivity contribution in [3.8, 4) is 0 Å². The van der Waals surface area contributed by atoms with Gasteiger partial charge in [-0.1, -0.05) is 11.6 Å². The summed E-state index contributed by atoms with van der Waals surface area (Å²) in [6, 6.07) is 0.916. The number of carboxylic acid groups (broad SMARTS) is 1. The number of benzene rings is 1. The number of hydrogen-bond donors (Lipinski definition) is 0. The first-order valence-electron chi connectivity index (χ1n) is 4.57. The van der Waals surface area contributed by atoms with E-state index in [1.807, 2.05) is 0 Å². The lowest BCUT2D eigenvalue weighted by Gasteiger charge is -2.09. The fraction of sp³-hybridized carbons (Fsp3) is 0.100. The van der Waals surface area contributed by atoms with Crippen LogP contribution in [-0.4, -0.2) is 10.9 Å². The van der Waals surface area contributed by atoms with Crippen molar-refractivity contribution in [3.05, 3.63) is 44.5 Å².